The molecule has 0 aliphatic carbocycles. The molecule has 1 aromatic heterocycles. The highest BCUT2D eigenvalue weighted by Crippen LogP contribution is 2.21. The Bertz CT molecular complexity index is 928. The van der Waals surface area contributed by atoms with Crippen LogP contribution in [0.2, 0.25) is 0 Å². The van der Waals surface area contributed by atoms with Crippen molar-refractivity contribution in [3.8, 4) is 11.4 Å². The van der Waals surface area contributed by atoms with Gasteiger partial charge in [-0.2, -0.15) is 0 Å². The summed E-state index contributed by atoms with van der Waals surface area (Å²) < 4.78 is 0. The number of rotatable bonds is 6. The molecule has 1 aliphatic rings. The number of nitrogens with zero attached hydrogens (tertiary/aromatic N) is 4. The number of benzene rings is 2. The molecule has 29 heavy (non-hydrogen) atoms. The summed E-state index contributed by atoms with van der Waals surface area (Å²) in [6.07, 6.45) is 2.38. The van der Waals surface area contributed by atoms with Crippen LogP contribution < -0.4 is 4.90 Å². The fraction of sp³-hybridized carbons (Fsp3) is 0.261. The van der Waals surface area contributed by atoms with Gasteiger partial charge < -0.3 is 9.80 Å². The predicted octanol–water partition coefficient (Wildman–Crippen LogP) is 3.97. The van der Waals surface area contributed by atoms with E-state index in [9.17, 15) is 4.79 Å². The van der Waals surface area contributed by atoms with Crippen molar-refractivity contribution in [1.29, 1.82) is 0 Å². The molecule has 1 aliphatic heterocycles. The molecule has 4 rings (SSSR count). The van der Waals surface area contributed by atoms with Crippen molar-refractivity contribution < 1.29 is 4.79 Å². The molecule has 1 amide bonds. The van der Waals surface area contributed by atoms with E-state index in [1.54, 1.807) is 11.8 Å². The first-order valence-corrected chi connectivity index (χ1v) is 10.9. The summed E-state index contributed by atoms with van der Waals surface area (Å²) >= 11 is 1.73. The third-order valence-electron chi connectivity index (χ3n) is 4.96. The highest BCUT2D eigenvalue weighted by molar-refractivity contribution is 7.99. The van der Waals surface area contributed by atoms with Crippen LogP contribution in [0.25, 0.3) is 11.4 Å². The second-order valence-electron chi connectivity index (χ2n) is 6.88. The first kappa shape index (κ1) is 19.5. The molecular formula is C23H24N4OS. The summed E-state index contributed by atoms with van der Waals surface area (Å²) in [6, 6.07) is 22.2. The van der Waals surface area contributed by atoms with Crippen molar-refractivity contribution in [2.45, 2.75) is 11.3 Å². The number of hydrogen-bond acceptors (Lipinski definition) is 5. The summed E-state index contributed by atoms with van der Waals surface area (Å²) in [5, 5.41) is 0. The van der Waals surface area contributed by atoms with Crippen molar-refractivity contribution in [2.24, 2.45) is 0 Å². The second-order valence-corrected chi connectivity index (χ2v) is 8.05. The van der Waals surface area contributed by atoms with Crippen LogP contribution in [0.4, 0.5) is 5.82 Å². The van der Waals surface area contributed by atoms with E-state index in [0.29, 0.717) is 6.42 Å². The minimum absolute atomic E-state index is 0.237. The Morgan fingerprint density at radius 1 is 0.897 bits per heavy atom. The first-order valence-electron chi connectivity index (χ1n) is 9.88. The molecular weight excluding hydrogens is 380 g/mol. The van der Waals surface area contributed by atoms with E-state index in [4.69, 9.17) is 4.98 Å². The molecule has 0 spiro atoms. The van der Waals surface area contributed by atoms with Gasteiger partial charge in [0.2, 0.25) is 5.91 Å². The van der Waals surface area contributed by atoms with E-state index in [1.165, 1.54) is 4.90 Å². The monoisotopic (exact) mass is 404 g/mol. The highest BCUT2D eigenvalue weighted by Gasteiger charge is 2.22. The van der Waals surface area contributed by atoms with Gasteiger partial charge in [-0.15, -0.1) is 11.8 Å². The average molecular weight is 405 g/mol. The average Bonchev–Trinajstić information content (AvgIpc) is 2.80. The van der Waals surface area contributed by atoms with Crippen molar-refractivity contribution in [3.63, 3.8) is 0 Å². The smallest absolute Gasteiger partial charge is 0.223 e. The van der Waals surface area contributed by atoms with Crippen molar-refractivity contribution in [1.82, 2.24) is 14.9 Å². The van der Waals surface area contributed by atoms with Crippen LogP contribution in [0, 0.1) is 0 Å². The zero-order chi connectivity index (χ0) is 19.9. The predicted molar refractivity (Wildman–Crippen MR) is 118 cm³/mol. The number of thioether (sulfide) groups is 1. The SMILES string of the molecule is O=C(CCSc1ccccc1)N1CCN(c2ccnc(-c3ccccc3)n2)CC1. The quantitative estimate of drug-likeness (QED) is 0.582. The van der Waals surface area contributed by atoms with Gasteiger partial charge in [-0.1, -0.05) is 48.5 Å². The molecule has 0 N–H and O–H groups in total. The van der Waals surface area contributed by atoms with Gasteiger partial charge in [-0.25, -0.2) is 9.97 Å². The van der Waals surface area contributed by atoms with Gasteiger partial charge in [0, 0.05) is 55.0 Å². The third kappa shape index (κ3) is 5.15. The van der Waals surface area contributed by atoms with Crippen LogP contribution in [-0.4, -0.2) is 52.7 Å². The topological polar surface area (TPSA) is 49.3 Å². The molecule has 0 atom stereocenters. The summed E-state index contributed by atoms with van der Waals surface area (Å²) in [6.45, 7) is 3.06. The molecule has 1 fully saturated rings. The maximum Gasteiger partial charge on any atom is 0.223 e. The second kappa shape index (κ2) is 9.56. The Hall–Kier alpha value is -2.86. The van der Waals surface area contributed by atoms with Crippen LogP contribution in [0.3, 0.4) is 0 Å². The van der Waals surface area contributed by atoms with Gasteiger partial charge in [-0.05, 0) is 18.2 Å². The lowest BCUT2D eigenvalue weighted by Gasteiger charge is -2.35. The molecule has 148 valence electrons. The number of carbonyl (C=O) groups is 1. The third-order valence-corrected chi connectivity index (χ3v) is 5.97. The largest absolute Gasteiger partial charge is 0.353 e. The van der Waals surface area contributed by atoms with E-state index >= 15 is 0 Å². The number of anilines is 1. The Labute approximate surface area is 175 Å². The molecule has 0 unspecified atom stereocenters. The Kier molecular flexibility index (Phi) is 6.42. The van der Waals surface area contributed by atoms with Gasteiger partial charge in [0.1, 0.15) is 5.82 Å². The van der Waals surface area contributed by atoms with Gasteiger partial charge in [0.25, 0.3) is 0 Å². The maximum atomic E-state index is 12.5. The van der Waals surface area contributed by atoms with Crippen LogP contribution >= 0.6 is 11.8 Å². The molecule has 0 bridgehead atoms. The Morgan fingerprint density at radius 2 is 1.59 bits per heavy atom. The summed E-state index contributed by atoms with van der Waals surface area (Å²) in [5.74, 6) is 2.71. The van der Waals surface area contributed by atoms with Crippen LogP contribution in [0.15, 0.2) is 77.8 Å². The fourth-order valence-electron chi connectivity index (χ4n) is 3.37. The van der Waals surface area contributed by atoms with Gasteiger partial charge in [0.05, 0.1) is 0 Å². The van der Waals surface area contributed by atoms with E-state index in [-0.39, 0.29) is 5.91 Å². The normalized spacial score (nSPS) is 14.1. The number of piperazine rings is 1. The summed E-state index contributed by atoms with van der Waals surface area (Å²) in [4.78, 5) is 27.1. The van der Waals surface area contributed by atoms with Crippen molar-refractivity contribution in [2.75, 3.05) is 36.8 Å². The van der Waals surface area contributed by atoms with Crippen molar-refractivity contribution >= 4 is 23.5 Å². The molecule has 0 radical (unpaired) electrons. The van der Waals surface area contributed by atoms with Crippen LogP contribution in [0.1, 0.15) is 6.42 Å². The van der Waals surface area contributed by atoms with Gasteiger partial charge >= 0.3 is 0 Å². The minimum Gasteiger partial charge on any atom is -0.353 e. The lowest BCUT2D eigenvalue weighted by molar-refractivity contribution is -0.131. The summed E-state index contributed by atoms with van der Waals surface area (Å²) in [5.41, 5.74) is 1.01. The molecule has 6 heteroatoms. The zero-order valence-corrected chi connectivity index (χ0v) is 17.1. The Balaban J connectivity index is 1.28. The zero-order valence-electron chi connectivity index (χ0n) is 16.3. The lowest BCUT2D eigenvalue weighted by atomic mass is 10.2. The van der Waals surface area contributed by atoms with Gasteiger partial charge in [-0.3, -0.25) is 4.79 Å². The lowest BCUT2D eigenvalue weighted by Crippen LogP contribution is -2.49. The first-order chi connectivity index (χ1) is 14.3. The molecule has 2 heterocycles. The number of carbonyl (C=O) groups excluding carboxylic acids is 1. The van der Waals surface area contributed by atoms with E-state index in [0.717, 1.165) is 49.1 Å². The van der Waals surface area contributed by atoms with Crippen LogP contribution in [0.5, 0.6) is 0 Å². The van der Waals surface area contributed by atoms with E-state index < -0.39 is 0 Å². The van der Waals surface area contributed by atoms with Crippen molar-refractivity contribution in [3.05, 3.63) is 72.9 Å². The maximum absolute atomic E-state index is 12.5. The minimum atomic E-state index is 0.237. The molecule has 1 saturated heterocycles. The number of aromatic nitrogens is 2. The summed E-state index contributed by atoms with van der Waals surface area (Å²) in [7, 11) is 0. The fourth-order valence-corrected chi connectivity index (χ4v) is 4.23. The number of amides is 1. The molecule has 3 aromatic rings. The molecule has 5 nitrogen and oxygen atoms in total. The van der Waals surface area contributed by atoms with Gasteiger partial charge in [0.15, 0.2) is 5.82 Å². The molecule has 2 aromatic carbocycles. The molecule has 0 saturated carbocycles. The Morgan fingerprint density at radius 3 is 2.31 bits per heavy atom. The standard InChI is InChI=1S/C23H24N4OS/c28-22(12-18-29-20-9-5-2-6-10-20)27-16-14-26(15-17-27)21-11-13-24-23(25-21)19-7-3-1-4-8-19/h1-11,13H,12,14-18H2. The number of hydrogen-bond donors (Lipinski definition) is 0. The van der Waals surface area contributed by atoms with E-state index in [2.05, 4.69) is 22.0 Å². The van der Waals surface area contributed by atoms with E-state index in [1.807, 2.05) is 65.7 Å². The highest BCUT2D eigenvalue weighted by atomic mass is 32.2. The van der Waals surface area contributed by atoms with Crippen LogP contribution in [-0.2, 0) is 4.79 Å².